The van der Waals surface area contributed by atoms with E-state index in [1.807, 2.05) is 6.92 Å². The minimum Gasteiger partial charge on any atom is -0.373 e. The quantitative estimate of drug-likeness (QED) is 0.804. The largest absolute Gasteiger partial charge is 0.373 e. The van der Waals surface area contributed by atoms with Gasteiger partial charge in [0.15, 0.2) is 0 Å². The number of likely N-dealkylation sites (tertiary alicyclic amines) is 1. The highest BCUT2D eigenvalue weighted by Crippen LogP contribution is 2.20. The monoisotopic (exact) mass is 311 g/mol. The number of morpholine rings is 1. The maximum absolute atomic E-state index is 11.5. The maximum Gasteiger partial charge on any atom is 0.221 e. The number of nitrogens with zero attached hydrogens (tertiary/aromatic N) is 2. The number of piperidine rings is 1. The van der Waals surface area contributed by atoms with Crippen LogP contribution < -0.4 is 5.32 Å². The summed E-state index contributed by atoms with van der Waals surface area (Å²) in [4.78, 5) is 16.5. The lowest BCUT2D eigenvalue weighted by molar-refractivity contribution is -0.121. The van der Waals surface area contributed by atoms with Gasteiger partial charge in [0, 0.05) is 39.1 Å². The van der Waals surface area contributed by atoms with Crippen molar-refractivity contribution < 1.29 is 9.53 Å². The normalized spacial score (nSPS) is 28.7. The Morgan fingerprint density at radius 3 is 2.36 bits per heavy atom. The van der Waals surface area contributed by atoms with Crippen molar-refractivity contribution >= 4 is 5.91 Å². The van der Waals surface area contributed by atoms with Crippen LogP contribution in [0.15, 0.2) is 0 Å². The molecule has 0 saturated carbocycles. The van der Waals surface area contributed by atoms with Gasteiger partial charge in [-0.3, -0.25) is 9.69 Å². The van der Waals surface area contributed by atoms with E-state index in [1.54, 1.807) is 0 Å². The van der Waals surface area contributed by atoms with E-state index >= 15 is 0 Å². The number of ether oxygens (including phenoxy) is 1. The molecule has 2 aliphatic rings. The van der Waals surface area contributed by atoms with E-state index in [1.165, 1.54) is 19.4 Å². The average Bonchev–Trinajstić information content (AvgIpc) is 2.46. The topological polar surface area (TPSA) is 44.8 Å². The molecule has 0 aromatic heterocycles. The lowest BCUT2D eigenvalue weighted by atomic mass is 9.95. The average molecular weight is 311 g/mol. The van der Waals surface area contributed by atoms with E-state index in [0.29, 0.717) is 18.6 Å². The maximum atomic E-state index is 11.5. The molecule has 0 aromatic carbocycles. The van der Waals surface area contributed by atoms with Crippen molar-refractivity contribution in [1.82, 2.24) is 15.1 Å². The molecule has 128 valence electrons. The van der Waals surface area contributed by atoms with Gasteiger partial charge < -0.3 is 15.0 Å². The van der Waals surface area contributed by atoms with Gasteiger partial charge in [-0.15, -0.1) is 0 Å². The summed E-state index contributed by atoms with van der Waals surface area (Å²) < 4.78 is 5.81. The SMILES string of the molecule is CCNC(=O)CCN1CCC(CN2C[C@H](C)O[C@@H](C)C2)CC1. The first-order chi connectivity index (χ1) is 10.6. The molecular weight excluding hydrogens is 278 g/mol. The summed E-state index contributed by atoms with van der Waals surface area (Å²) >= 11 is 0. The van der Waals surface area contributed by atoms with Crippen LogP contribution in [0.25, 0.3) is 0 Å². The van der Waals surface area contributed by atoms with Crippen LogP contribution in [-0.2, 0) is 9.53 Å². The fourth-order valence-corrected chi connectivity index (χ4v) is 3.74. The molecule has 0 spiro atoms. The number of rotatable bonds is 6. The van der Waals surface area contributed by atoms with Crippen LogP contribution in [0.2, 0.25) is 0 Å². The Kier molecular flexibility index (Phi) is 7.12. The predicted octanol–water partition coefficient (Wildman–Crippen LogP) is 1.33. The van der Waals surface area contributed by atoms with Crippen LogP contribution in [0.1, 0.15) is 40.0 Å². The first kappa shape index (κ1) is 17.7. The number of carbonyl (C=O) groups is 1. The summed E-state index contributed by atoms with van der Waals surface area (Å²) in [5.74, 6) is 0.985. The van der Waals surface area contributed by atoms with Crippen LogP contribution in [0.3, 0.4) is 0 Å². The predicted molar refractivity (Wildman–Crippen MR) is 88.9 cm³/mol. The molecule has 5 nitrogen and oxygen atoms in total. The summed E-state index contributed by atoms with van der Waals surface area (Å²) in [5.41, 5.74) is 0. The first-order valence-electron chi connectivity index (χ1n) is 8.93. The Morgan fingerprint density at radius 2 is 1.77 bits per heavy atom. The highest BCUT2D eigenvalue weighted by atomic mass is 16.5. The molecule has 2 heterocycles. The summed E-state index contributed by atoms with van der Waals surface area (Å²) in [6.07, 6.45) is 3.88. The second kappa shape index (κ2) is 8.85. The molecule has 0 aromatic rings. The van der Waals surface area contributed by atoms with Gasteiger partial charge in [0.1, 0.15) is 0 Å². The van der Waals surface area contributed by atoms with Crippen molar-refractivity contribution in [3.8, 4) is 0 Å². The van der Waals surface area contributed by atoms with Crippen molar-refractivity contribution in [2.45, 2.75) is 52.2 Å². The summed E-state index contributed by atoms with van der Waals surface area (Å²) in [6, 6.07) is 0. The van der Waals surface area contributed by atoms with E-state index in [9.17, 15) is 4.79 Å². The van der Waals surface area contributed by atoms with Gasteiger partial charge in [-0.2, -0.15) is 0 Å². The molecule has 2 atom stereocenters. The zero-order valence-electron chi connectivity index (χ0n) is 14.5. The lowest BCUT2D eigenvalue weighted by Gasteiger charge is -2.39. The Labute approximate surface area is 135 Å². The standard InChI is InChI=1S/C17H33N3O2/c1-4-18-17(21)7-10-19-8-5-16(6-9-19)13-20-11-14(2)22-15(3)12-20/h14-16H,4-13H2,1-3H3,(H,18,21)/t14-,15-/m0/s1. The molecule has 0 radical (unpaired) electrons. The van der Waals surface area contributed by atoms with Crippen molar-refractivity contribution in [1.29, 1.82) is 0 Å². The van der Waals surface area contributed by atoms with E-state index in [4.69, 9.17) is 4.74 Å². The van der Waals surface area contributed by atoms with Crippen LogP contribution >= 0.6 is 0 Å². The van der Waals surface area contributed by atoms with Gasteiger partial charge in [-0.05, 0) is 52.6 Å². The third-order valence-corrected chi connectivity index (χ3v) is 4.75. The Morgan fingerprint density at radius 1 is 1.14 bits per heavy atom. The van der Waals surface area contributed by atoms with E-state index in [2.05, 4.69) is 29.0 Å². The molecule has 1 amide bonds. The molecule has 22 heavy (non-hydrogen) atoms. The zero-order chi connectivity index (χ0) is 15.9. The van der Waals surface area contributed by atoms with Gasteiger partial charge in [0.2, 0.25) is 5.91 Å². The van der Waals surface area contributed by atoms with Crippen molar-refractivity contribution in [3.63, 3.8) is 0 Å². The van der Waals surface area contributed by atoms with Gasteiger partial charge in [0.25, 0.3) is 0 Å². The van der Waals surface area contributed by atoms with Crippen molar-refractivity contribution in [3.05, 3.63) is 0 Å². The van der Waals surface area contributed by atoms with Gasteiger partial charge in [-0.25, -0.2) is 0 Å². The van der Waals surface area contributed by atoms with E-state index in [-0.39, 0.29) is 5.91 Å². The van der Waals surface area contributed by atoms with Crippen molar-refractivity contribution in [2.24, 2.45) is 5.92 Å². The minimum absolute atomic E-state index is 0.181. The van der Waals surface area contributed by atoms with Gasteiger partial charge in [0.05, 0.1) is 12.2 Å². The number of nitrogens with one attached hydrogen (secondary N) is 1. The zero-order valence-corrected chi connectivity index (χ0v) is 14.5. The molecule has 0 aliphatic carbocycles. The second-order valence-corrected chi connectivity index (χ2v) is 6.96. The summed E-state index contributed by atoms with van der Waals surface area (Å²) in [7, 11) is 0. The Hall–Kier alpha value is -0.650. The Balaban J connectivity index is 1.63. The number of hydrogen-bond donors (Lipinski definition) is 1. The smallest absolute Gasteiger partial charge is 0.221 e. The highest BCUT2D eigenvalue weighted by Gasteiger charge is 2.26. The van der Waals surface area contributed by atoms with Gasteiger partial charge in [-0.1, -0.05) is 0 Å². The summed E-state index contributed by atoms with van der Waals surface area (Å²) in [6.45, 7) is 13.6. The number of amides is 1. The van der Waals surface area contributed by atoms with E-state index < -0.39 is 0 Å². The second-order valence-electron chi connectivity index (χ2n) is 6.96. The molecule has 2 rings (SSSR count). The molecule has 2 aliphatic heterocycles. The molecule has 0 bridgehead atoms. The molecule has 1 N–H and O–H groups in total. The Bertz CT molecular complexity index is 333. The fraction of sp³-hybridized carbons (Fsp3) is 0.941. The number of carbonyl (C=O) groups excluding carboxylic acids is 1. The minimum atomic E-state index is 0.181. The van der Waals surface area contributed by atoms with Crippen LogP contribution in [-0.4, -0.2) is 73.7 Å². The van der Waals surface area contributed by atoms with Crippen LogP contribution in [0.5, 0.6) is 0 Å². The van der Waals surface area contributed by atoms with Crippen LogP contribution in [0, 0.1) is 5.92 Å². The fourth-order valence-electron chi connectivity index (χ4n) is 3.74. The molecule has 0 unspecified atom stereocenters. The molecule has 2 saturated heterocycles. The molecular formula is C17H33N3O2. The molecule has 2 fully saturated rings. The number of hydrogen-bond acceptors (Lipinski definition) is 4. The van der Waals surface area contributed by atoms with Gasteiger partial charge >= 0.3 is 0 Å². The highest BCUT2D eigenvalue weighted by molar-refractivity contribution is 5.75. The lowest BCUT2D eigenvalue weighted by Crippen LogP contribution is -2.48. The summed E-state index contributed by atoms with van der Waals surface area (Å²) in [5, 5.41) is 2.87. The molecule has 5 heteroatoms. The van der Waals surface area contributed by atoms with Crippen LogP contribution in [0.4, 0.5) is 0 Å². The third kappa shape index (κ3) is 5.86. The van der Waals surface area contributed by atoms with E-state index in [0.717, 1.165) is 45.2 Å². The third-order valence-electron chi connectivity index (χ3n) is 4.75. The first-order valence-corrected chi connectivity index (χ1v) is 8.93. The van der Waals surface area contributed by atoms with Crippen molar-refractivity contribution in [2.75, 3.05) is 45.8 Å².